The predicted octanol–water partition coefficient (Wildman–Crippen LogP) is 2.74. The molecule has 74 valence electrons. The summed E-state index contributed by atoms with van der Waals surface area (Å²) in [7, 11) is 0. The molecular weight excluding hydrogens is 169 g/mol. The van der Waals surface area contributed by atoms with Crippen LogP contribution >= 0.6 is 0 Å². The molecule has 0 rings (SSSR count). The lowest BCUT2D eigenvalue weighted by Gasteiger charge is -2.18. The van der Waals surface area contributed by atoms with Gasteiger partial charge in [-0.2, -0.15) is 13.2 Å². The van der Waals surface area contributed by atoms with E-state index < -0.39 is 12.3 Å². The maximum absolute atomic E-state index is 11.8. The molecule has 0 fully saturated rings. The Morgan fingerprint density at radius 2 is 1.83 bits per heavy atom. The quantitative estimate of drug-likeness (QED) is 0.712. The normalized spacial score (nSPS) is 17.5. The lowest BCUT2D eigenvalue weighted by molar-refractivity contribution is -0.208. The monoisotopic (exact) mass is 184 g/mol. The standard InChI is InChI=1S/C8H15F3O/c1-3-4-6(2)5-7(12)8(9,10)11/h6-7,12H,3-5H2,1-2H3/t6-,7?/m0/s1. The van der Waals surface area contributed by atoms with Crippen LogP contribution in [0.15, 0.2) is 0 Å². The second-order valence-electron chi connectivity index (χ2n) is 3.19. The van der Waals surface area contributed by atoms with Crippen LogP contribution in [0.3, 0.4) is 0 Å². The fourth-order valence-electron chi connectivity index (χ4n) is 1.13. The smallest absolute Gasteiger partial charge is 0.384 e. The Morgan fingerprint density at radius 3 is 2.17 bits per heavy atom. The summed E-state index contributed by atoms with van der Waals surface area (Å²) in [6.07, 6.45) is -5.21. The van der Waals surface area contributed by atoms with E-state index >= 15 is 0 Å². The lowest BCUT2D eigenvalue weighted by Crippen LogP contribution is -2.30. The van der Waals surface area contributed by atoms with Crippen LogP contribution in [0.4, 0.5) is 13.2 Å². The third kappa shape index (κ3) is 4.59. The van der Waals surface area contributed by atoms with Crippen molar-refractivity contribution < 1.29 is 18.3 Å². The zero-order valence-electron chi connectivity index (χ0n) is 7.36. The van der Waals surface area contributed by atoms with Crippen LogP contribution in [0.2, 0.25) is 0 Å². The molecule has 0 aromatic carbocycles. The zero-order valence-corrected chi connectivity index (χ0v) is 7.36. The minimum atomic E-state index is -4.46. The van der Waals surface area contributed by atoms with Crippen molar-refractivity contribution in [3.05, 3.63) is 0 Å². The molecule has 12 heavy (non-hydrogen) atoms. The van der Waals surface area contributed by atoms with Crippen LogP contribution in [-0.2, 0) is 0 Å². The first-order valence-corrected chi connectivity index (χ1v) is 4.12. The Hall–Kier alpha value is -0.250. The molecule has 2 atom stereocenters. The van der Waals surface area contributed by atoms with Crippen LogP contribution in [0.1, 0.15) is 33.1 Å². The van der Waals surface area contributed by atoms with Crippen molar-refractivity contribution in [1.29, 1.82) is 0 Å². The van der Waals surface area contributed by atoms with Crippen molar-refractivity contribution in [3.63, 3.8) is 0 Å². The topological polar surface area (TPSA) is 20.2 Å². The molecule has 1 N–H and O–H groups in total. The summed E-state index contributed by atoms with van der Waals surface area (Å²) in [5, 5.41) is 8.66. The van der Waals surface area contributed by atoms with E-state index in [1.54, 1.807) is 6.92 Å². The van der Waals surface area contributed by atoms with E-state index in [0.717, 1.165) is 12.8 Å². The van der Waals surface area contributed by atoms with Gasteiger partial charge < -0.3 is 5.11 Å². The lowest BCUT2D eigenvalue weighted by atomic mass is 9.99. The number of rotatable bonds is 4. The maximum atomic E-state index is 11.8. The van der Waals surface area contributed by atoms with Gasteiger partial charge in [-0.15, -0.1) is 0 Å². The number of aliphatic hydroxyl groups is 1. The van der Waals surface area contributed by atoms with Gasteiger partial charge in [-0.05, 0) is 12.3 Å². The molecule has 0 saturated heterocycles. The van der Waals surface area contributed by atoms with Crippen molar-refractivity contribution in [2.75, 3.05) is 0 Å². The highest BCUT2D eigenvalue weighted by atomic mass is 19.4. The van der Waals surface area contributed by atoms with E-state index in [9.17, 15) is 13.2 Å². The summed E-state index contributed by atoms with van der Waals surface area (Å²) in [4.78, 5) is 0. The SMILES string of the molecule is CCC[C@H](C)CC(O)C(F)(F)F. The fourth-order valence-corrected chi connectivity index (χ4v) is 1.13. The first-order chi connectivity index (χ1) is 5.38. The van der Waals surface area contributed by atoms with Crippen molar-refractivity contribution in [2.45, 2.75) is 45.4 Å². The average molecular weight is 184 g/mol. The third-order valence-electron chi connectivity index (χ3n) is 1.78. The largest absolute Gasteiger partial charge is 0.414 e. The highest BCUT2D eigenvalue weighted by molar-refractivity contribution is 4.68. The molecule has 0 aliphatic rings. The summed E-state index contributed by atoms with van der Waals surface area (Å²) in [5.74, 6) is -0.0633. The third-order valence-corrected chi connectivity index (χ3v) is 1.78. The molecule has 0 radical (unpaired) electrons. The molecule has 0 spiro atoms. The molecule has 0 amide bonds. The van der Waals surface area contributed by atoms with Crippen LogP contribution in [0, 0.1) is 5.92 Å². The van der Waals surface area contributed by atoms with Gasteiger partial charge in [0, 0.05) is 0 Å². The minimum Gasteiger partial charge on any atom is -0.384 e. The molecule has 4 heteroatoms. The number of alkyl halides is 3. The summed E-state index contributed by atoms with van der Waals surface area (Å²) < 4.78 is 35.4. The molecular formula is C8H15F3O. The van der Waals surface area contributed by atoms with E-state index in [-0.39, 0.29) is 12.3 Å². The van der Waals surface area contributed by atoms with Crippen molar-refractivity contribution in [1.82, 2.24) is 0 Å². The fraction of sp³-hybridized carbons (Fsp3) is 1.00. The molecule has 0 aromatic heterocycles. The number of hydrogen-bond acceptors (Lipinski definition) is 1. The Bertz CT molecular complexity index is 122. The van der Waals surface area contributed by atoms with E-state index in [2.05, 4.69) is 0 Å². The molecule has 0 aliphatic carbocycles. The Labute approximate surface area is 70.6 Å². The van der Waals surface area contributed by atoms with Crippen LogP contribution in [0.5, 0.6) is 0 Å². The predicted molar refractivity (Wildman–Crippen MR) is 40.8 cm³/mol. The summed E-state index contributed by atoms with van der Waals surface area (Å²) in [5.41, 5.74) is 0. The first-order valence-electron chi connectivity index (χ1n) is 4.12. The van der Waals surface area contributed by atoms with Gasteiger partial charge in [0.2, 0.25) is 0 Å². The van der Waals surface area contributed by atoms with E-state index in [1.807, 2.05) is 6.92 Å². The molecule has 0 heterocycles. The molecule has 1 unspecified atom stereocenters. The van der Waals surface area contributed by atoms with Crippen molar-refractivity contribution >= 4 is 0 Å². The van der Waals surface area contributed by atoms with Gasteiger partial charge in [-0.3, -0.25) is 0 Å². The second kappa shape index (κ2) is 4.70. The van der Waals surface area contributed by atoms with Gasteiger partial charge >= 0.3 is 6.18 Å². The molecule has 1 nitrogen and oxygen atoms in total. The van der Waals surface area contributed by atoms with E-state index in [4.69, 9.17) is 5.11 Å². The van der Waals surface area contributed by atoms with Crippen LogP contribution in [-0.4, -0.2) is 17.4 Å². The Balaban J connectivity index is 3.76. The van der Waals surface area contributed by atoms with Gasteiger partial charge in [0.25, 0.3) is 0 Å². The van der Waals surface area contributed by atoms with Gasteiger partial charge in [-0.25, -0.2) is 0 Å². The van der Waals surface area contributed by atoms with Gasteiger partial charge in [0.05, 0.1) is 0 Å². The highest BCUT2D eigenvalue weighted by Gasteiger charge is 2.38. The second-order valence-corrected chi connectivity index (χ2v) is 3.19. The highest BCUT2D eigenvalue weighted by Crippen LogP contribution is 2.26. The van der Waals surface area contributed by atoms with Crippen molar-refractivity contribution in [3.8, 4) is 0 Å². The summed E-state index contributed by atoms with van der Waals surface area (Å²) in [6, 6.07) is 0. The zero-order chi connectivity index (χ0) is 9.78. The maximum Gasteiger partial charge on any atom is 0.414 e. The number of halogens is 3. The number of hydrogen-bond donors (Lipinski definition) is 1. The minimum absolute atomic E-state index is 0.0633. The van der Waals surface area contributed by atoms with Crippen LogP contribution < -0.4 is 0 Å². The number of aliphatic hydroxyl groups excluding tert-OH is 1. The molecule has 0 saturated carbocycles. The summed E-state index contributed by atoms with van der Waals surface area (Å²) in [6.45, 7) is 3.63. The summed E-state index contributed by atoms with van der Waals surface area (Å²) >= 11 is 0. The van der Waals surface area contributed by atoms with Crippen LogP contribution in [0.25, 0.3) is 0 Å². The van der Waals surface area contributed by atoms with Gasteiger partial charge in [0.15, 0.2) is 0 Å². The first kappa shape index (κ1) is 11.8. The molecule has 0 bridgehead atoms. The molecule has 0 aliphatic heterocycles. The average Bonchev–Trinajstić information content (AvgIpc) is 1.85. The Morgan fingerprint density at radius 1 is 1.33 bits per heavy atom. The van der Waals surface area contributed by atoms with Crippen molar-refractivity contribution in [2.24, 2.45) is 5.92 Å². The van der Waals surface area contributed by atoms with E-state index in [0.29, 0.717) is 0 Å². The van der Waals surface area contributed by atoms with Gasteiger partial charge in [-0.1, -0.05) is 26.7 Å². The van der Waals surface area contributed by atoms with E-state index in [1.165, 1.54) is 0 Å². The Kier molecular flexibility index (Phi) is 4.60. The molecule has 0 aromatic rings. The van der Waals surface area contributed by atoms with Gasteiger partial charge in [0.1, 0.15) is 6.10 Å².